The van der Waals surface area contributed by atoms with E-state index in [0.29, 0.717) is 16.8 Å². The fourth-order valence-electron chi connectivity index (χ4n) is 2.36. The standard InChI is InChI=1S/C19H21N3O5/c1-11-7-13(5-6-14(11)20)18(23)22-21-10-12-8-15(25-2)17(19(24)27-4)16(9-12)26-3/h5-10H,20H2,1-4H3,(H,22,23)/b21-10+. The zero-order valence-corrected chi connectivity index (χ0v) is 15.5. The summed E-state index contributed by atoms with van der Waals surface area (Å²) in [6, 6.07) is 8.12. The van der Waals surface area contributed by atoms with Gasteiger partial charge in [-0.1, -0.05) is 0 Å². The summed E-state index contributed by atoms with van der Waals surface area (Å²) in [6.45, 7) is 1.82. The molecule has 0 heterocycles. The van der Waals surface area contributed by atoms with Gasteiger partial charge in [-0.15, -0.1) is 0 Å². The maximum Gasteiger partial charge on any atom is 0.345 e. The van der Waals surface area contributed by atoms with E-state index in [0.717, 1.165) is 5.56 Å². The summed E-state index contributed by atoms with van der Waals surface area (Å²) >= 11 is 0. The molecule has 8 nitrogen and oxygen atoms in total. The minimum Gasteiger partial charge on any atom is -0.496 e. The van der Waals surface area contributed by atoms with Crippen LogP contribution in [0.4, 0.5) is 5.69 Å². The van der Waals surface area contributed by atoms with Crippen LogP contribution < -0.4 is 20.6 Å². The van der Waals surface area contributed by atoms with Crippen LogP contribution in [0.5, 0.6) is 11.5 Å². The summed E-state index contributed by atoms with van der Waals surface area (Å²) in [5, 5.41) is 3.93. The number of nitrogens with two attached hydrogens (primary N) is 1. The molecular weight excluding hydrogens is 350 g/mol. The first-order valence-electron chi connectivity index (χ1n) is 7.95. The lowest BCUT2D eigenvalue weighted by Gasteiger charge is -2.12. The van der Waals surface area contributed by atoms with Crippen molar-refractivity contribution in [3.63, 3.8) is 0 Å². The Morgan fingerprint density at radius 1 is 1.07 bits per heavy atom. The predicted octanol–water partition coefficient (Wildman–Crippen LogP) is 2.14. The molecule has 8 heteroatoms. The Kier molecular flexibility index (Phi) is 6.37. The van der Waals surface area contributed by atoms with Crippen molar-refractivity contribution in [2.75, 3.05) is 27.1 Å². The highest BCUT2D eigenvalue weighted by Crippen LogP contribution is 2.30. The van der Waals surface area contributed by atoms with Crippen LogP contribution in [-0.4, -0.2) is 39.4 Å². The van der Waals surface area contributed by atoms with Crippen LogP contribution in [0.3, 0.4) is 0 Å². The smallest absolute Gasteiger partial charge is 0.345 e. The van der Waals surface area contributed by atoms with E-state index in [4.69, 9.17) is 19.9 Å². The summed E-state index contributed by atoms with van der Waals surface area (Å²) in [4.78, 5) is 24.1. The molecule has 0 saturated carbocycles. The monoisotopic (exact) mass is 371 g/mol. The van der Waals surface area contributed by atoms with E-state index in [1.165, 1.54) is 27.5 Å². The number of hydrogen-bond acceptors (Lipinski definition) is 7. The molecule has 2 aromatic rings. The molecule has 3 N–H and O–H groups in total. The summed E-state index contributed by atoms with van der Waals surface area (Å²) in [5.74, 6) is -0.426. The van der Waals surface area contributed by atoms with E-state index in [1.54, 1.807) is 30.3 Å². The highest BCUT2D eigenvalue weighted by atomic mass is 16.5. The molecule has 0 radical (unpaired) electrons. The minimum absolute atomic E-state index is 0.168. The van der Waals surface area contributed by atoms with E-state index in [-0.39, 0.29) is 23.0 Å². The van der Waals surface area contributed by atoms with Crippen molar-refractivity contribution >= 4 is 23.8 Å². The Labute approximate surface area is 156 Å². The van der Waals surface area contributed by atoms with Gasteiger partial charge in [-0.3, -0.25) is 4.79 Å². The number of hydrazone groups is 1. The zero-order valence-electron chi connectivity index (χ0n) is 15.5. The molecular formula is C19H21N3O5. The molecule has 142 valence electrons. The summed E-state index contributed by atoms with van der Waals surface area (Å²) in [6.07, 6.45) is 1.41. The Morgan fingerprint density at radius 2 is 1.70 bits per heavy atom. The lowest BCUT2D eigenvalue weighted by molar-refractivity contribution is 0.0593. The number of carbonyl (C=O) groups is 2. The average molecular weight is 371 g/mol. The molecule has 27 heavy (non-hydrogen) atoms. The predicted molar refractivity (Wildman–Crippen MR) is 102 cm³/mol. The van der Waals surface area contributed by atoms with Crippen LogP contribution in [0, 0.1) is 6.92 Å². The second kappa shape index (κ2) is 8.70. The van der Waals surface area contributed by atoms with Crippen molar-refractivity contribution in [2.45, 2.75) is 6.92 Å². The molecule has 0 aliphatic carbocycles. The van der Waals surface area contributed by atoms with Gasteiger partial charge in [0.05, 0.1) is 27.5 Å². The fourth-order valence-corrected chi connectivity index (χ4v) is 2.36. The van der Waals surface area contributed by atoms with E-state index in [1.807, 2.05) is 6.92 Å². The van der Waals surface area contributed by atoms with E-state index in [9.17, 15) is 9.59 Å². The van der Waals surface area contributed by atoms with Crippen LogP contribution in [0.1, 0.15) is 31.8 Å². The van der Waals surface area contributed by atoms with Crippen LogP contribution in [-0.2, 0) is 4.74 Å². The van der Waals surface area contributed by atoms with Crippen molar-refractivity contribution in [3.05, 3.63) is 52.6 Å². The second-order valence-electron chi connectivity index (χ2n) is 5.56. The Hall–Kier alpha value is -3.55. The van der Waals surface area contributed by atoms with Crippen LogP contribution >= 0.6 is 0 Å². The molecule has 0 unspecified atom stereocenters. The van der Waals surface area contributed by atoms with Crippen LogP contribution in [0.25, 0.3) is 0 Å². The lowest BCUT2D eigenvalue weighted by atomic mass is 10.1. The quantitative estimate of drug-likeness (QED) is 0.348. The third kappa shape index (κ3) is 4.55. The van der Waals surface area contributed by atoms with Crippen molar-refractivity contribution in [2.24, 2.45) is 5.10 Å². The number of nitrogens with one attached hydrogen (secondary N) is 1. The SMILES string of the molecule is COC(=O)c1c(OC)cc(/C=N/NC(=O)c2ccc(N)c(C)c2)cc1OC. The number of amides is 1. The number of aryl methyl sites for hydroxylation is 1. The van der Waals surface area contributed by atoms with Crippen LogP contribution in [0.15, 0.2) is 35.4 Å². The summed E-state index contributed by atoms with van der Waals surface area (Å²) in [5.41, 5.74) is 10.8. The molecule has 0 bridgehead atoms. The lowest BCUT2D eigenvalue weighted by Crippen LogP contribution is -2.18. The number of hydrogen-bond donors (Lipinski definition) is 2. The van der Waals surface area contributed by atoms with Crippen LogP contribution in [0.2, 0.25) is 0 Å². The maximum atomic E-state index is 12.2. The van der Waals surface area contributed by atoms with Crippen molar-refractivity contribution < 1.29 is 23.8 Å². The molecule has 0 aliphatic heterocycles. The van der Waals surface area contributed by atoms with Gasteiger partial charge in [0.2, 0.25) is 0 Å². The second-order valence-corrected chi connectivity index (χ2v) is 5.56. The number of nitrogens with zero attached hydrogens (tertiary/aromatic N) is 1. The van der Waals surface area contributed by atoms with Gasteiger partial charge in [0.25, 0.3) is 5.91 Å². The van der Waals surface area contributed by atoms with Gasteiger partial charge in [0.1, 0.15) is 17.1 Å². The molecule has 0 aliphatic rings. The number of carbonyl (C=O) groups excluding carboxylic acids is 2. The minimum atomic E-state index is -0.584. The first-order valence-corrected chi connectivity index (χ1v) is 7.95. The van der Waals surface area contributed by atoms with E-state index in [2.05, 4.69) is 10.5 Å². The van der Waals surface area contributed by atoms with Gasteiger partial charge >= 0.3 is 5.97 Å². The molecule has 0 atom stereocenters. The number of methoxy groups -OCH3 is 3. The topological polar surface area (TPSA) is 112 Å². The highest BCUT2D eigenvalue weighted by Gasteiger charge is 2.20. The van der Waals surface area contributed by atoms with Gasteiger partial charge < -0.3 is 19.9 Å². The van der Waals surface area contributed by atoms with Gasteiger partial charge in [-0.25, -0.2) is 10.2 Å². The number of benzene rings is 2. The van der Waals surface area contributed by atoms with Gasteiger partial charge in [0.15, 0.2) is 0 Å². The van der Waals surface area contributed by atoms with Gasteiger partial charge in [-0.05, 0) is 42.8 Å². The zero-order chi connectivity index (χ0) is 20.0. The number of nitrogen functional groups attached to an aromatic ring is 1. The first-order chi connectivity index (χ1) is 12.9. The number of anilines is 1. The summed E-state index contributed by atoms with van der Waals surface area (Å²) in [7, 11) is 4.12. The Morgan fingerprint density at radius 3 is 2.22 bits per heavy atom. The summed E-state index contributed by atoms with van der Waals surface area (Å²) < 4.78 is 15.2. The molecule has 0 spiro atoms. The first kappa shape index (κ1) is 19.8. The van der Waals surface area contributed by atoms with Gasteiger partial charge in [-0.2, -0.15) is 5.10 Å². The third-order valence-corrected chi connectivity index (χ3v) is 3.83. The van der Waals surface area contributed by atoms with E-state index >= 15 is 0 Å². The highest BCUT2D eigenvalue weighted by molar-refractivity contribution is 5.98. The number of ether oxygens (including phenoxy) is 3. The Bertz CT molecular complexity index is 868. The number of rotatable bonds is 6. The molecule has 1 amide bonds. The molecule has 0 aromatic heterocycles. The largest absolute Gasteiger partial charge is 0.496 e. The molecule has 0 fully saturated rings. The molecule has 2 rings (SSSR count). The third-order valence-electron chi connectivity index (χ3n) is 3.83. The fraction of sp³-hybridized carbons (Fsp3) is 0.211. The number of esters is 1. The average Bonchev–Trinajstić information content (AvgIpc) is 2.68. The van der Waals surface area contributed by atoms with E-state index < -0.39 is 5.97 Å². The van der Waals surface area contributed by atoms with Crippen molar-refractivity contribution in [1.29, 1.82) is 0 Å². The molecule has 2 aromatic carbocycles. The van der Waals surface area contributed by atoms with Crippen molar-refractivity contribution in [1.82, 2.24) is 5.43 Å². The van der Waals surface area contributed by atoms with Gasteiger partial charge in [0, 0.05) is 16.8 Å². The normalized spacial score (nSPS) is 10.5. The Balaban J connectivity index is 2.22. The maximum absolute atomic E-state index is 12.2. The molecule has 0 saturated heterocycles. The van der Waals surface area contributed by atoms with Crippen molar-refractivity contribution in [3.8, 4) is 11.5 Å².